The summed E-state index contributed by atoms with van der Waals surface area (Å²) in [5, 5.41) is 21.3. The highest BCUT2D eigenvalue weighted by molar-refractivity contribution is 6.32. The molecular formula is C22H26Cl2N2O5. The Kier molecular flexibility index (Phi) is 7.43. The van der Waals surface area contributed by atoms with E-state index in [0.717, 1.165) is 26.2 Å². The molecule has 0 unspecified atom stereocenters. The van der Waals surface area contributed by atoms with Crippen LogP contribution in [-0.4, -0.2) is 72.6 Å². The van der Waals surface area contributed by atoms with Crippen molar-refractivity contribution in [3.63, 3.8) is 0 Å². The number of ether oxygens (including phenoxy) is 3. The monoisotopic (exact) mass is 468 g/mol. The van der Waals surface area contributed by atoms with Gasteiger partial charge in [0, 0.05) is 62.5 Å². The lowest BCUT2D eigenvalue weighted by Gasteiger charge is -2.27. The summed E-state index contributed by atoms with van der Waals surface area (Å²) in [7, 11) is 0. The lowest BCUT2D eigenvalue weighted by molar-refractivity contribution is 0.0338. The average molecular weight is 469 g/mol. The fourth-order valence-electron chi connectivity index (χ4n) is 3.75. The van der Waals surface area contributed by atoms with Crippen LogP contribution in [0, 0.1) is 0 Å². The van der Waals surface area contributed by atoms with Crippen molar-refractivity contribution in [2.24, 2.45) is 0 Å². The van der Waals surface area contributed by atoms with Crippen LogP contribution in [0.25, 0.3) is 0 Å². The molecule has 9 heteroatoms. The van der Waals surface area contributed by atoms with Gasteiger partial charge in [-0.3, -0.25) is 9.80 Å². The molecular weight excluding hydrogens is 443 g/mol. The van der Waals surface area contributed by atoms with Crippen LogP contribution in [0.3, 0.4) is 0 Å². The number of hydrogen-bond acceptors (Lipinski definition) is 7. The van der Waals surface area contributed by atoms with E-state index in [0.29, 0.717) is 62.1 Å². The van der Waals surface area contributed by atoms with Gasteiger partial charge in [-0.25, -0.2) is 0 Å². The van der Waals surface area contributed by atoms with Crippen LogP contribution in [0.2, 0.25) is 10.0 Å². The Balaban J connectivity index is 1.53. The Labute approximate surface area is 191 Å². The van der Waals surface area contributed by atoms with E-state index >= 15 is 0 Å². The molecule has 0 saturated carbocycles. The van der Waals surface area contributed by atoms with Gasteiger partial charge >= 0.3 is 0 Å². The summed E-state index contributed by atoms with van der Waals surface area (Å²) in [4.78, 5) is 4.38. The Morgan fingerprint density at radius 2 is 1.10 bits per heavy atom. The molecule has 2 aliphatic heterocycles. The molecule has 31 heavy (non-hydrogen) atoms. The number of aromatic hydroxyl groups is 2. The molecule has 0 aliphatic carbocycles. The Morgan fingerprint density at radius 3 is 1.48 bits per heavy atom. The van der Waals surface area contributed by atoms with Gasteiger partial charge in [-0.05, 0) is 12.1 Å². The van der Waals surface area contributed by atoms with Gasteiger partial charge < -0.3 is 24.4 Å². The molecule has 7 nitrogen and oxygen atoms in total. The van der Waals surface area contributed by atoms with Gasteiger partial charge in [-0.15, -0.1) is 0 Å². The highest BCUT2D eigenvalue weighted by Crippen LogP contribution is 2.38. The largest absolute Gasteiger partial charge is 0.506 e. The molecule has 168 valence electrons. The standard InChI is InChI=1S/C22H26Cl2N2O5/c23-19-11-17(9-15(21(19)27)13-25-1-5-29-6-2-25)31-18-10-16(22(28)20(24)12-18)14-26-3-7-30-8-4-26/h9-12,27-28H,1-8,13-14H2. The lowest BCUT2D eigenvalue weighted by atomic mass is 10.1. The van der Waals surface area contributed by atoms with Crippen LogP contribution in [0.1, 0.15) is 11.1 Å². The first-order valence-corrected chi connectivity index (χ1v) is 11.1. The Hall–Kier alpha value is -1.74. The van der Waals surface area contributed by atoms with Crippen LogP contribution in [0.4, 0.5) is 0 Å². The van der Waals surface area contributed by atoms with Crippen molar-refractivity contribution in [3.05, 3.63) is 45.4 Å². The van der Waals surface area contributed by atoms with Gasteiger partial charge in [-0.1, -0.05) is 23.2 Å². The maximum atomic E-state index is 10.4. The Morgan fingerprint density at radius 1 is 0.710 bits per heavy atom. The lowest BCUT2D eigenvalue weighted by Crippen LogP contribution is -2.35. The van der Waals surface area contributed by atoms with E-state index in [-0.39, 0.29) is 21.5 Å². The normalized spacial score (nSPS) is 18.3. The first kappa shape index (κ1) is 22.5. The van der Waals surface area contributed by atoms with Crippen LogP contribution in [0.15, 0.2) is 24.3 Å². The average Bonchev–Trinajstić information content (AvgIpc) is 2.76. The number of rotatable bonds is 6. The number of morpholine rings is 2. The van der Waals surface area contributed by atoms with Crippen molar-refractivity contribution in [1.82, 2.24) is 9.80 Å². The van der Waals surface area contributed by atoms with Gasteiger partial charge in [-0.2, -0.15) is 0 Å². The molecule has 0 bridgehead atoms. The van der Waals surface area contributed by atoms with E-state index in [9.17, 15) is 10.2 Å². The van der Waals surface area contributed by atoms with Crippen molar-refractivity contribution in [2.45, 2.75) is 13.1 Å². The van der Waals surface area contributed by atoms with Crippen molar-refractivity contribution >= 4 is 23.2 Å². The third-order valence-electron chi connectivity index (χ3n) is 5.46. The first-order valence-electron chi connectivity index (χ1n) is 10.3. The second-order valence-electron chi connectivity index (χ2n) is 7.70. The molecule has 0 spiro atoms. The van der Waals surface area contributed by atoms with Gasteiger partial charge in [0.15, 0.2) is 0 Å². The number of halogens is 2. The van der Waals surface area contributed by atoms with Crippen molar-refractivity contribution in [1.29, 1.82) is 0 Å². The van der Waals surface area contributed by atoms with E-state index < -0.39 is 0 Å². The second-order valence-corrected chi connectivity index (χ2v) is 8.52. The maximum absolute atomic E-state index is 10.4. The summed E-state index contributed by atoms with van der Waals surface area (Å²) < 4.78 is 16.8. The molecule has 2 fully saturated rings. The number of benzene rings is 2. The summed E-state index contributed by atoms with van der Waals surface area (Å²) in [6.45, 7) is 6.94. The van der Waals surface area contributed by atoms with E-state index in [2.05, 4.69) is 9.80 Å². The number of hydrogen-bond donors (Lipinski definition) is 2. The van der Waals surface area contributed by atoms with E-state index in [4.69, 9.17) is 37.4 Å². The van der Waals surface area contributed by atoms with Crippen LogP contribution in [0.5, 0.6) is 23.0 Å². The minimum atomic E-state index is 0.0530. The molecule has 0 aromatic heterocycles. The molecule has 0 radical (unpaired) electrons. The summed E-state index contributed by atoms with van der Waals surface area (Å²) in [6, 6.07) is 6.70. The number of nitrogens with zero attached hydrogens (tertiary/aromatic N) is 2. The van der Waals surface area contributed by atoms with Crippen molar-refractivity contribution in [2.75, 3.05) is 52.6 Å². The third-order valence-corrected chi connectivity index (χ3v) is 6.04. The predicted molar refractivity (Wildman–Crippen MR) is 118 cm³/mol. The topological polar surface area (TPSA) is 74.6 Å². The minimum absolute atomic E-state index is 0.0530. The van der Waals surface area contributed by atoms with Gasteiger partial charge in [0.05, 0.1) is 36.5 Å². The molecule has 2 saturated heterocycles. The van der Waals surface area contributed by atoms with E-state index in [1.165, 1.54) is 0 Å². The smallest absolute Gasteiger partial charge is 0.138 e. The third kappa shape index (κ3) is 5.74. The first-order chi connectivity index (χ1) is 15.0. The summed E-state index contributed by atoms with van der Waals surface area (Å²) in [5.74, 6) is 1.09. The summed E-state index contributed by atoms with van der Waals surface area (Å²) >= 11 is 12.5. The zero-order valence-electron chi connectivity index (χ0n) is 17.1. The molecule has 2 aromatic rings. The molecule has 4 rings (SSSR count). The van der Waals surface area contributed by atoms with Gasteiger partial charge in [0.25, 0.3) is 0 Å². The summed E-state index contributed by atoms with van der Waals surface area (Å²) in [5.41, 5.74) is 1.37. The highest BCUT2D eigenvalue weighted by atomic mass is 35.5. The molecule has 0 atom stereocenters. The van der Waals surface area contributed by atoms with Gasteiger partial charge in [0.2, 0.25) is 0 Å². The van der Waals surface area contributed by atoms with Crippen LogP contribution in [-0.2, 0) is 22.6 Å². The van der Waals surface area contributed by atoms with E-state index in [1.807, 2.05) is 0 Å². The molecule has 2 N–H and O–H groups in total. The van der Waals surface area contributed by atoms with E-state index in [1.54, 1.807) is 24.3 Å². The Bertz CT molecular complexity index is 842. The molecule has 2 aromatic carbocycles. The van der Waals surface area contributed by atoms with Crippen LogP contribution < -0.4 is 4.74 Å². The molecule has 2 aliphatic rings. The molecule has 2 heterocycles. The number of phenolic OH excluding ortho intramolecular Hbond substituents is 2. The fourth-order valence-corrected chi connectivity index (χ4v) is 4.21. The van der Waals surface area contributed by atoms with Crippen LogP contribution >= 0.6 is 23.2 Å². The van der Waals surface area contributed by atoms with Crippen molar-refractivity contribution in [3.8, 4) is 23.0 Å². The highest BCUT2D eigenvalue weighted by Gasteiger charge is 2.18. The SMILES string of the molecule is Oc1c(Cl)cc(Oc2cc(Cl)c(O)c(CN3CCOCC3)c2)cc1CN1CCOCC1. The predicted octanol–water partition coefficient (Wildman–Crippen LogP) is 3.86. The zero-order valence-corrected chi connectivity index (χ0v) is 18.7. The quantitative estimate of drug-likeness (QED) is 0.666. The molecule has 0 amide bonds. The second kappa shape index (κ2) is 10.3. The van der Waals surface area contributed by atoms with Crippen molar-refractivity contribution < 1.29 is 24.4 Å². The summed E-state index contributed by atoms with van der Waals surface area (Å²) in [6.07, 6.45) is 0. The number of phenols is 2. The zero-order chi connectivity index (χ0) is 21.8. The maximum Gasteiger partial charge on any atom is 0.138 e. The fraction of sp³-hybridized carbons (Fsp3) is 0.455. The van der Waals surface area contributed by atoms with Gasteiger partial charge in [0.1, 0.15) is 23.0 Å². The minimum Gasteiger partial charge on any atom is -0.506 e.